The van der Waals surface area contributed by atoms with E-state index < -0.39 is 30.0 Å². The zero-order valence-corrected chi connectivity index (χ0v) is 25.0. The molecule has 3 N–H and O–H groups in total. The third-order valence-corrected chi connectivity index (χ3v) is 9.51. The third kappa shape index (κ3) is 6.14. The van der Waals surface area contributed by atoms with Crippen molar-refractivity contribution in [3.05, 3.63) is 64.3 Å². The highest BCUT2D eigenvalue weighted by Gasteiger charge is 2.48. The van der Waals surface area contributed by atoms with E-state index in [0.29, 0.717) is 42.6 Å². The first kappa shape index (κ1) is 30.3. The molecule has 1 aliphatic carbocycles. The summed E-state index contributed by atoms with van der Waals surface area (Å²) in [5.74, 6) is -1.14. The average Bonchev–Trinajstić information content (AvgIpc) is 2.97. The van der Waals surface area contributed by atoms with Gasteiger partial charge >= 0.3 is 5.97 Å². The standard InChI is InChI=1S/C32H40ClN3O6/c1-31-14-13-24(31)25(37)8-4-5-15-35(2)28(38)18-32(41,30(39)40)27-12-11-26-29(34-27)36(20-31)16-6-3-7-21-17-23(33)10-9-22(21)19-42-26/h4,8-12,17,24-25,37,41H,3,5-7,13-16,18-20H2,1-2H3,(H,39,40)/b8-4+/t24-,25-,31?,32-/m0/s1. The number of carboxylic acid groups (broad SMARTS) is 1. The molecule has 1 unspecified atom stereocenters. The number of fused-ring (bicyclic) bond motifs is 3. The number of halogens is 1. The Kier molecular flexibility index (Phi) is 8.83. The summed E-state index contributed by atoms with van der Waals surface area (Å²) in [6.45, 7) is 3.95. The minimum Gasteiger partial charge on any atom is -0.485 e. The number of ether oxygens (including phenoxy) is 1. The number of carboxylic acids is 1. The van der Waals surface area contributed by atoms with Gasteiger partial charge in [-0.2, -0.15) is 0 Å². The molecule has 0 radical (unpaired) electrons. The average molecular weight is 598 g/mol. The summed E-state index contributed by atoms with van der Waals surface area (Å²) in [6, 6.07) is 8.84. The molecule has 1 aromatic carbocycles. The van der Waals surface area contributed by atoms with Crippen LogP contribution in [-0.2, 0) is 28.2 Å². The summed E-state index contributed by atoms with van der Waals surface area (Å²) < 4.78 is 6.34. The molecule has 1 saturated carbocycles. The van der Waals surface area contributed by atoms with E-state index >= 15 is 0 Å². The molecular weight excluding hydrogens is 558 g/mol. The molecule has 2 aromatic rings. The van der Waals surface area contributed by atoms with Crippen LogP contribution in [0.3, 0.4) is 0 Å². The SMILES string of the molecule is CN1CC/C=C/[C@H](O)[C@@H]2CCC2(C)CN2CCCCc3cc(Cl)ccc3COc3ccc(nc32)[C@](O)(C(=O)O)CC1=O. The van der Waals surface area contributed by atoms with Crippen molar-refractivity contribution in [2.24, 2.45) is 11.3 Å². The number of aliphatic hydroxyl groups excluding tert-OH is 1. The number of carbonyl (C=O) groups is 2. The van der Waals surface area contributed by atoms with Crippen molar-refractivity contribution >= 4 is 29.3 Å². The molecular formula is C32H40ClN3O6. The van der Waals surface area contributed by atoms with Gasteiger partial charge in [-0.3, -0.25) is 4.79 Å². The predicted molar refractivity (Wildman–Crippen MR) is 160 cm³/mol. The number of aromatic nitrogens is 1. The first-order valence-electron chi connectivity index (χ1n) is 14.7. The highest BCUT2D eigenvalue weighted by molar-refractivity contribution is 6.30. The Bertz CT molecular complexity index is 1370. The summed E-state index contributed by atoms with van der Waals surface area (Å²) >= 11 is 6.30. The highest BCUT2D eigenvalue weighted by atomic mass is 35.5. The minimum absolute atomic E-state index is 0.0362. The quantitative estimate of drug-likeness (QED) is 0.416. The maximum atomic E-state index is 13.1. The molecule has 5 rings (SSSR count). The normalized spacial score (nSPS) is 29.7. The summed E-state index contributed by atoms with van der Waals surface area (Å²) in [5.41, 5.74) is -0.727. The van der Waals surface area contributed by atoms with E-state index in [-0.39, 0.29) is 23.6 Å². The van der Waals surface area contributed by atoms with Gasteiger partial charge in [0.1, 0.15) is 6.61 Å². The number of carbonyl (C=O) groups excluding carboxylic acids is 1. The molecule has 3 aliphatic rings. The molecule has 1 fully saturated rings. The van der Waals surface area contributed by atoms with Gasteiger partial charge in [-0.05, 0) is 85.3 Å². The minimum atomic E-state index is -2.52. The van der Waals surface area contributed by atoms with Gasteiger partial charge in [0, 0.05) is 31.7 Å². The Labute approximate surface area is 251 Å². The van der Waals surface area contributed by atoms with Gasteiger partial charge in [-0.25, -0.2) is 9.78 Å². The fraction of sp³-hybridized carbons (Fsp3) is 0.531. The van der Waals surface area contributed by atoms with E-state index in [1.54, 1.807) is 13.1 Å². The van der Waals surface area contributed by atoms with E-state index in [9.17, 15) is 24.9 Å². The second kappa shape index (κ2) is 12.2. The molecule has 0 saturated heterocycles. The van der Waals surface area contributed by atoms with Crippen molar-refractivity contribution in [1.29, 1.82) is 0 Å². The van der Waals surface area contributed by atoms with Crippen molar-refractivity contribution in [2.75, 3.05) is 31.6 Å². The Balaban J connectivity index is 1.61. The molecule has 226 valence electrons. The Hall–Kier alpha value is -3.14. The summed E-state index contributed by atoms with van der Waals surface area (Å²) in [6.07, 6.45) is 7.27. The molecule has 10 heteroatoms. The van der Waals surface area contributed by atoms with Gasteiger partial charge in [0.25, 0.3) is 0 Å². The number of amides is 1. The number of anilines is 1. The number of aliphatic carboxylic acids is 1. The topological polar surface area (TPSA) is 123 Å². The van der Waals surface area contributed by atoms with E-state index in [1.807, 2.05) is 30.4 Å². The first-order chi connectivity index (χ1) is 20.0. The molecule has 0 spiro atoms. The van der Waals surface area contributed by atoms with E-state index in [2.05, 4.69) is 11.8 Å². The summed E-state index contributed by atoms with van der Waals surface area (Å²) in [5, 5.41) is 33.4. The number of pyridine rings is 1. The molecule has 1 aromatic heterocycles. The van der Waals surface area contributed by atoms with Crippen molar-refractivity contribution in [3.63, 3.8) is 0 Å². The number of hydrogen-bond acceptors (Lipinski definition) is 7. The van der Waals surface area contributed by atoms with Gasteiger partial charge in [-0.15, -0.1) is 0 Å². The number of hydrogen-bond donors (Lipinski definition) is 3. The lowest BCUT2D eigenvalue weighted by molar-refractivity contribution is -0.165. The predicted octanol–water partition coefficient (Wildman–Crippen LogP) is 4.31. The number of rotatable bonds is 1. The monoisotopic (exact) mass is 597 g/mol. The smallest absolute Gasteiger partial charge is 0.342 e. The Morgan fingerprint density at radius 3 is 2.71 bits per heavy atom. The lowest BCUT2D eigenvalue weighted by Crippen LogP contribution is -2.51. The molecule has 1 amide bonds. The van der Waals surface area contributed by atoms with Crippen molar-refractivity contribution < 1.29 is 29.6 Å². The Morgan fingerprint density at radius 2 is 1.98 bits per heavy atom. The van der Waals surface area contributed by atoms with Crippen molar-refractivity contribution in [3.8, 4) is 5.75 Å². The lowest BCUT2D eigenvalue weighted by atomic mass is 9.58. The van der Waals surface area contributed by atoms with E-state index in [4.69, 9.17) is 21.3 Å². The van der Waals surface area contributed by atoms with Crippen LogP contribution in [0.2, 0.25) is 5.02 Å². The second-order valence-corrected chi connectivity index (χ2v) is 12.7. The van der Waals surface area contributed by atoms with Crippen LogP contribution in [0.4, 0.5) is 5.82 Å². The summed E-state index contributed by atoms with van der Waals surface area (Å²) in [7, 11) is 1.57. The highest BCUT2D eigenvalue weighted by Crippen LogP contribution is 2.50. The lowest BCUT2D eigenvalue weighted by Gasteiger charge is -2.51. The first-order valence-corrected chi connectivity index (χ1v) is 15.1. The van der Waals surface area contributed by atoms with Gasteiger partial charge in [0.2, 0.25) is 11.5 Å². The van der Waals surface area contributed by atoms with Gasteiger partial charge < -0.3 is 29.9 Å². The maximum Gasteiger partial charge on any atom is 0.342 e. The van der Waals surface area contributed by atoms with Crippen LogP contribution in [0.5, 0.6) is 5.75 Å². The molecule has 2 bridgehead atoms. The summed E-state index contributed by atoms with van der Waals surface area (Å²) in [4.78, 5) is 33.8. The fourth-order valence-corrected chi connectivity index (χ4v) is 6.61. The third-order valence-electron chi connectivity index (χ3n) is 9.28. The molecule has 42 heavy (non-hydrogen) atoms. The molecule has 2 aliphatic heterocycles. The van der Waals surface area contributed by atoms with Crippen LogP contribution in [0.15, 0.2) is 42.5 Å². The second-order valence-electron chi connectivity index (χ2n) is 12.3. The van der Waals surface area contributed by atoms with Crippen LogP contribution in [0, 0.1) is 11.3 Å². The zero-order chi connectivity index (χ0) is 30.1. The number of benzene rings is 1. The van der Waals surface area contributed by atoms with Crippen LogP contribution in [0.1, 0.15) is 62.3 Å². The fourth-order valence-electron chi connectivity index (χ4n) is 6.42. The van der Waals surface area contributed by atoms with Crippen LogP contribution >= 0.6 is 11.6 Å². The van der Waals surface area contributed by atoms with Gasteiger partial charge in [-0.1, -0.05) is 36.7 Å². The largest absolute Gasteiger partial charge is 0.485 e. The molecule has 3 heterocycles. The van der Waals surface area contributed by atoms with E-state index in [0.717, 1.165) is 43.2 Å². The Morgan fingerprint density at radius 1 is 1.17 bits per heavy atom. The number of aliphatic hydroxyl groups is 2. The van der Waals surface area contributed by atoms with Crippen molar-refractivity contribution in [2.45, 2.75) is 70.2 Å². The van der Waals surface area contributed by atoms with Gasteiger partial charge in [0.15, 0.2) is 11.6 Å². The zero-order valence-electron chi connectivity index (χ0n) is 24.3. The van der Waals surface area contributed by atoms with Crippen LogP contribution < -0.4 is 9.64 Å². The molecule has 9 nitrogen and oxygen atoms in total. The van der Waals surface area contributed by atoms with Crippen LogP contribution in [0.25, 0.3) is 0 Å². The number of aryl methyl sites for hydroxylation is 1. The maximum absolute atomic E-state index is 13.1. The van der Waals surface area contributed by atoms with E-state index in [1.165, 1.54) is 11.0 Å². The van der Waals surface area contributed by atoms with Crippen molar-refractivity contribution in [1.82, 2.24) is 9.88 Å². The number of nitrogens with zero attached hydrogens (tertiary/aromatic N) is 3. The molecule has 4 atom stereocenters. The van der Waals surface area contributed by atoms with Gasteiger partial charge in [0.05, 0.1) is 18.2 Å². The van der Waals surface area contributed by atoms with Crippen LogP contribution in [-0.4, -0.2) is 69.9 Å².